The summed E-state index contributed by atoms with van der Waals surface area (Å²) in [6, 6.07) is 10.6. The van der Waals surface area contributed by atoms with Crippen LogP contribution in [0.3, 0.4) is 0 Å². The van der Waals surface area contributed by atoms with Gasteiger partial charge in [0.15, 0.2) is 0 Å². The fourth-order valence-corrected chi connectivity index (χ4v) is 3.16. The lowest BCUT2D eigenvalue weighted by Crippen LogP contribution is -2.42. The molecule has 3 rings (SSSR count). The first-order chi connectivity index (χ1) is 15.1. The van der Waals surface area contributed by atoms with Gasteiger partial charge in [0.25, 0.3) is 5.91 Å². The van der Waals surface area contributed by atoms with Crippen molar-refractivity contribution in [3.8, 4) is 0 Å². The Balaban J connectivity index is 1.70. The molecule has 0 fully saturated rings. The number of amides is 1. The molecule has 0 bridgehead atoms. The highest BCUT2D eigenvalue weighted by Crippen LogP contribution is 2.22. The number of nitrogens with two attached hydrogens (primary N) is 2. The van der Waals surface area contributed by atoms with Gasteiger partial charge in [-0.2, -0.15) is 4.98 Å². The van der Waals surface area contributed by atoms with E-state index < -0.39 is 30.3 Å². The number of rotatable bonds is 8. The third-order valence-electron chi connectivity index (χ3n) is 4.78. The molecule has 0 spiro atoms. The Bertz CT molecular complexity index is 1180. The molecule has 0 aliphatic heterocycles. The van der Waals surface area contributed by atoms with E-state index in [1.165, 1.54) is 12.1 Å². The van der Waals surface area contributed by atoms with Gasteiger partial charge in [-0.1, -0.05) is 6.07 Å². The van der Waals surface area contributed by atoms with Gasteiger partial charge in [0.05, 0.1) is 11.9 Å². The predicted octanol–water partition coefficient (Wildman–Crippen LogP) is 1.09. The molecule has 0 saturated carbocycles. The van der Waals surface area contributed by atoms with E-state index in [1.807, 2.05) is 30.1 Å². The Morgan fingerprint density at radius 2 is 1.75 bits per heavy atom. The smallest absolute Gasteiger partial charge is 0.326 e. The summed E-state index contributed by atoms with van der Waals surface area (Å²) in [5.41, 5.74) is 14.2. The number of nitrogen functional groups attached to an aromatic ring is 2. The molecule has 1 aromatic heterocycles. The standard InChI is InChI=1S/C21H22N6O5/c1-27(10-11-2-7-15-14(8-11)18(22)26-21(23)25-15)13-5-3-12(4-6-13)19(30)24-16(20(31)32)9-17(28)29/h2-8,16H,9-10H2,1H3,(H,24,30)(H,28,29)(H,31,32)(H4,22,23,25,26). The number of anilines is 3. The largest absolute Gasteiger partial charge is 0.481 e. The van der Waals surface area contributed by atoms with Gasteiger partial charge in [0, 0.05) is 30.2 Å². The van der Waals surface area contributed by atoms with E-state index in [9.17, 15) is 14.4 Å². The van der Waals surface area contributed by atoms with Gasteiger partial charge in [0.1, 0.15) is 11.9 Å². The van der Waals surface area contributed by atoms with Gasteiger partial charge < -0.3 is 31.9 Å². The van der Waals surface area contributed by atoms with Gasteiger partial charge in [-0.3, -0.25) is 9.59 Å². The molecule has 1 unspecified atom stereocenters. The number of nitrogens with one attached hydrogen (secondary N) is 1. The van der Waals surface area contributed by atoms with Crippen molar-refractivity contribution >= 4 is 46.2 Å². The molecule has 2 aromatic carbocycles. The molecule has 166 valence electrons. The topological polar surface area (TPSA) is 185 Å². The average molecular weight is 438 g/mol. The Morgan fingerprint density at radius 1 is 1.06 bits per heavy atom. The number of fused-ring (bicyclic) bond motifs is 1. The maximum absolute atomic E-state index is 12.3. The monoisotopic (exact) mass is 438 g/mol. The number of carboxylic acids is 2. The Morgan fingerprint density at radius 3 is 2.38 bits per heavy atom. The molecule has 32 heavy (non-hydrogen) atoms. The molecular formula is C21H22N6O5. The third kappa shape index (κ3) is 5.19. The molecular weight excluding hydrogens is 416 g/mol. The summed E-state index contributed by atoms with van der Waals surface area (Å²) in [6.45, 7) is 0.533. The first-order valence-electron chi connectivity index (χ1n) is 9.52. The summed E-state index contributed by atoms with van der Waals surface area (Å²) in [5, 5.41) is 20.8. The van der Waals surface area contributed by atoms with Crippen LogP contribution in [0, 0.1) is 0 Å². The number of carbonyl (C=O) groups excluding carboxylic acids is 1. The number of hydrogen-bond donors (Lipinski definition) is 5. The van der Waals surface area contributed by atoms with E-state index in [1.54, 1.807) is 12.1 Å². The van der Waals surface area contributed by atoms with Gasteiger partial charge in [0.2, 0.25) is 5.95 Å². The zero-order valence-electron chi connectivity index (χ0n) is 17.1. The molecule has 11 nitrogen and oxygen atoms in total. The number of nitrogens with zero attached hydrogens (tertiary/aromatic N) is 3. The van der Waals surface area contributed by atoms with Crippen LogP contribution < -0.4 is 21.7 Å². The van der Waals surface area contributed by atoms with Gasteiger partial charge in [-0.15, -0.1) is 0 Å². The lowest BCUT2D eigenvalue weighted by molar-refractivity contribution is -0.145. The molecule has 1 heterocycles. The number of aliphatic carboxylic acids is 2. The van der Waals surface area contributed by atoms with Crippen molar-refractivity contribution in [1.82, 2.24) is 15.3 Å². The SMILES string of the molecule is CN(Cc1ccc2nc(N)nc(N)c2c1)c1ccc(C(=O)NC(CC(=O)O)C(=O)O)cc1. The van der Waals surface area contributed by atoms with Crippen LogP contribution in [0.25, 0.3) is 10.9 Å². The number of aromatic nitrogens is 2. The first kappa shape index (κ1) is 22.3. The summed E-state index contributed by atoms with van der Waals surface area (Å²) >= 11 is 0. The number of benzene rings is 2. The van der Waals surface area contributed by atoms with Crippen LogP contribution in [0.1, 0.15) is 22.3 Å². The van der Waals surface area contributed by atoms with Crippen LogP contribution in [-0.2, 0) is 16.1 Å². The Kier molecular flexibility index (Phi) is 6.38. The highest BCUT2D eigenvalue weighted by atomic mass is 16.4. The second-order valence-electron chi connectivity index (χ2n) is 7.18. The molecule has 0 aliphatic rings. The van der Waals surface area contributed by atoms with Gasteiger partial charge in [-0.05, 0) is 42.0 Å². The minimum absolute atomic E-state index is 0.113. The number of carboxylic acid groups (broad SMARTS) is 2. The van der Waals surface area contributed by atoms with Crippen LogP contribution in [0.5, 0.6) is 0 Å². The van der Waals surface area contributed by atoms with Crippen molar-refractivity contribution < 1.29 is 24.6 Å². The van der Waals surface area contributed by atoms with E-state index in [-0.39, 0.29) is 11.5 Å². The Labute approximate surface area is 182 Å². The summed E-state index contributed by atoms with van der Waals surface area (Å²) < 4.78 is 0. The number of carbonyl (C=O) groups is 3. The van der Waals surface area contributed by atoms with Crippen molar-refractivity contribution in [2.45, 2.75) is 19.0 Å². The summed E-state index contributed by atoms with van der Waals surface area (Å²) in [5.74, 6) is -2.99. The fourth-order valence-electron chi connectivity index (χ4n) is 3.16. The van der Waals surface area contributed by atoms with Crippen molar-refractivity contribution in [2.75, 3.05) is 23.4 Å². The average Bonchev–Trinajstić information content (AvgIpc) is 2.73. The maximum atomic E-state index is 12.3. The second kappa shape index (κ2) is 9.16. The molecule has 0 aliphatic carbocycles. The predicted molar refractivity (Wildman–Crippen MR) is 118 cm³/mol. The highest BCUT2D eigenvalue weighted by Gasteiger charge is 2.23. The van der Waals surface area contributed by atoms with E-state index in [0.29, 0.717) is 23.3 Å². The molecule has 0 saturated heterocycles. The van der Waals surface area contributed by atoms with Crippen molar-refractivity contribution in [2.24, 2.45) is 0 Å². The first-order valence-corrected chi connectivity index (χ1v) is 9.52. The Hall–Kier alpha value is -4.41. The lowest BCUT2D eigenvalue weighted by atomic mass is 10.1. The molecule has 1 atom stereocenters. The van der Waals surface area contributed by atoms with Gasteiger partial charge in [-0.25, -0.2) is 9.78 Å². The van der Waals surface area contributed by atoms with E-state index in [2.05, 4.69) is 15.3 Å². The summed E-state index contributed by atoms with van der Waals surface area (Å²) in [4.78, 5) is 44.3. The zero-order chi connectivity index (χ0) is 23.4. The van der Waals surface area contributed by atoms with Crippen LogP contribution >= 0.6 is 0 Å². The summed E-state index contributed by atoms with van der Waals surface area (Å²) in [7, 11) is 1.87. The molecule has 3 aromatic rings. The maximum Gasteiger partial charge on any atom is 0.326 e. The number of hydrogen-bond acceptors (Lipinski definition) is 8. The second-order valence-corrected chi connectivity index (χ2v) is 7.18. The molecule has 1 amide bonds. The molecule has 7 N–H and O–H groups in total. The quantitative estimate of drug-likeness (QED) is 0.341. The zero-order valence-corrected chi connectivity index (χ0v) is 17.1. The normalized spacial score (nSPS) is 11.7. The van der Waals surface area contributed by atoms with Crippen molar-refractivity contribution in [3.63, 3.8) is 0 Å². The summed E-state index contributed by atoms with van der Waals surface area (Å²) in [6.07, 6.45) is -0.713. The molecule has 11 heteroatoms. The third-order valence-corrected chi connectivity index (χ3v) is 4.78. The van der Waals surface area contributed by atoms with Crippen molar-refractivity contribution in [3.05, 3.63) is 53.6 Å². The van der Waals surface area contributed by atoms with Gasteiger partial charge >= 0.3 is 11.9 Å². The fraction of sp³-hybridized carbons (Fsp3) is 0.190. The van der Waals surface area contributed by atoms with Crippen molar-refractivity contribution in [1.29, 1.82) is 0 Å². The van der Waals surface area contributed by atoms with Crippen LogP contribution in [0.2, 0.25) is 0 Å². The highest BCUT2D eigenvalue weighted by molar-refractivity contribution is 5.97. The van der Waals surface area contributed by atoms with E-state index in [4.69, 9.17) is 21.7 Å². The minimum Gasteiger partial charge on any atom is -0.481 e. The van der Waals surface area contributed by atoms with E-state index in [0.717, 1.165) is 11.3 Å². The van der Waals surface area contributed by atoms with Crippen LogP contribution in [0.4, 0.5) is 17.5 Å². The lowest BCUT2D eigenvalue weighted by Gasteiger charge is -2.20. The van der Waals surface area contributed by atoms with Crippen LogP contribution in [0.15, 0.2) is 42.5 Å². The van der Waals surface area contributed by atoms with E-state index >= 15 is 0 Å². The molecule has 0 radical (unpaired) electrons. The van der Waals surface area contributed by atoms with Crippen LogP contribution in [-0.4, -0.2) is 51.1 Å². The minimum atomic E-state index is -1.51.